The maximum Gasteiger partial charge on any atom is 0.257 e. The van der Waals surface area contributed by atoms with Crippen molar-refractivity contribution in [3.63, 3.8) is 0 Å². The number of ether oxygens (including phenoxy) is 1. The van der Waals surface area contributed by atoms with E-state index in [-0.39, 0.29) is 11.0 Å². The number of amides is 1. The van der Waals surface area contributed by atoms with Crippen molar-refractivity contribution in [1.29, 1.82) is 0 Å². The van der Waals surface area contributed by atoms with Gasteiger partial charge in [0.25, 0.3) is 5.91 Å². The topological polar surface area (TPSA) is 89.3 Å². The summed E-state index contributed by atoms with van der Waals surface area (Å²) >= 11 is 5.36. The number of oxazole rings is 1. The van der Waals surface area contributed by atoms with Gasteiger partial charge in [-0.25, -0.2) is 4.98 Å². The van der Waals surface area contributed by atoms with Gasteiger partial charge >= 0.3 is 0 Å². The summed E-state index contributed by atoms with van der Waals surface area (Å²) in [4.78, 5) is 21.3. The highest BCUT2D eigenvalue weighted by atomic mass is 32.1. The van der Waals surface area contributed by atoms with Crippen molar-refractivity contribution in [3.05, 3.63) is 71.9 Å². The van der Waals surface area contributed by atoms with Crippen molar-refractivity contribution in [1.82, 2.24) is 15.3 Å². The zero-order valence-electron chi connectivity index (χ0n) is 18.6. The number of nitrogens with one attached hydrogen (secondary N) is 2. The Morgan fingerprint density at radius 3 is 2.64 bits per heavy atom. The van der Waals surface area contributed by atoms with E-state index in [0.717, 1.165) is 22.6 Å². The molecular weight excluding hydrogens is 436 g/mol. The summed E-state index contributed by atoms with van der Waals surface area (Å²) in [6.07, 6.45) is 1.67. The van der Waals surface area contributed by atoms with Gasteiger partial charge in [0.1, 0.15) is 5.75 Å². The van der Waals surface area contributed by atoms with E-state index in [4.69, 9.17) is 21.4 Å². The van der Waals surface area contributed by atoms with Gasteiger partial charge in [0.2, 0.25) is 5.89 Å². The van der Waals surface area contributed by atoms with E-state index in [1.165, 1.54) is 0 Å². The molecule has 7 nitrogen and oxygen atoms in total. The SMILES string of the molecule is Cc1c(NC(=S)NC(=O)c2ccc(OCC(C)C)cc2)cccc1-c1nc2ncccc2o1. The minimum atomic E-state index is -0.304. The fourth-order valence-electron chi connectivity index (χ4n) is 3.18. The second kappa shape index (κ2) is 9.79. The second-order valence-corrected chi connectivity index (χ2v) is 8.37. The number of rotatable bonds is 6. The van der Waals surface area contributed by atoms with Gasteiger partial charge in [0, 0.05) is 23.0 Å². The molecule has 0 saturated heterocycles. The fraction of sp³-hybridized carbons (Fsp3) is 0.200. The van der Waals surface area contributed by atoms with Crippen LogP contribution in [0.2, 0.25) is 0 Å². The van der Waals surface area contributed by atoms with Crippen molar-refractivity contribution in [2.75, 3.05) is 11.9 Å². The van der Waals surface area contributed by atoms with Gasteiger partial charge in [-0.3, -0.25) is 10.1 Å². The van der Waals surface area contributed by atoms with E-state index in [2.05, 4.69) is 34.4 Å². The number of aromatic nitrogens is 2. The van der Waals surface area contributed by atoms with E-state index >= 15 is 0 Å². The first-order chi connectivity index (χ1) is 15.9. The molecule has 4 rings (SSSR count). The summed E-state index contributed by atoms with van der Waals surface area (Å²) in [6, 6.07) is 16.2. The number of hydrogen-bond donors (Lipinski definition) is 2. The standard InChI is InChI=1S/C25H24N4O3S/c1-15(2)14-31-18-11-9-17(10-12-18)23(30)29-25(33)27-20-7-4-6-19(16(20)3)24-28-22-21(32-24)8-5-13-26-22/h4-13,15H,14H2,1-3H3,(H2,27,29,30,33). The van der Waals surface area contributed by atoms with Crippen LogP contribution >= 0.6 is 12.2 Å². The zero-order valence-corrected chi connectivity index (χ0v) is 19.4. The van der Waals surface area contributed by atoms with Gasteiger partial charge in [-0.2, -0.15) is 4.98 Å². The van der Waals surface area contributed by atoms with Crippen molar-refractivity contribution < 1.29 is 13.9 Å². The monoisotopic (exact) mass is 460 g/mol. The van der Waals surface area contributed by atoms with Gasteiger partial charge in [0.05, 0.1) is 6.61 Å². The van der Waals surface area contributed by atoms with Crippen molar-refractivity contribution in [2.45, 2.75) is 20.8 Å². The second-order valence-electron chi connectivity index (χ2n) is 7.96. The van der Waals surface area contributed by atoms with Crippen LogP contribution in [0.4, 0.5) is 5.69 Å². The maximum absolute atomic E-state index is 12.6. The molecule has 0 atom stereocenters. The molecule has 0 fully saturated rings. The molecule has 0 saturated carbocycles. The van der Waals surface area contributed by atoms with Crippen LogP contribution in [0, 0.1) is 12.8 Å². The first-order valence-corrected chi connectivity index (χ1v) is 11.0. The van der Waals surface area contributed by atoms with E-state index in [0.29, 0.717) is 35.2 Å². The van der Waals surface area contributed by atoms with Crippen LogP contribution in [0.15, 0.2) is 65.2 Å². The molecule has 2 aromatic heterocycles. The number of carbonyl (C=O) groups is 1. The number of pyridine rings is 1. The van der Waals surface area contributed by atoms with Gasteiger partial charge in [0.15, 0.2) is 16.3 Å². The smallest absolute Gasteiger partial charge is 0.257 e. The van der Waals surface area contributed by atoms with Gasteiger partial charge in [-0.1, -0.05) is 19.9 Å². The Bertz CT molecular complexity index is 1270. The summed E-state index contributed by atoms with van der Waals surface area (Å²) < 4.78 is 11.5. The molecule has 4 aromatic rings. The molecule has 2 aromatic carbocycles. The summed E-state index contributed by atoms with van der Waals surface area (Å²) in [7, 11) is 0. The lowest BCUT2D eigenvalue weighted by Gasteiger charge is -2.14. The molecule has 0 aliphatic heterocycles. The summed E-state index contributed by atoms with van der Waals surface area (Å²) in [5, 5.41) is 6.00. The summed E-state index contributed by atoms with van der Waals surface area (Å²) in [6.45, 7) is 6.72. The van der Waals surface area contributed by atoms with Crippen LogP contribution in [-0.4, -0.2) is 27.6 Å². The molecule has 8 heteroatoms. The predicted octanol–water partition coefficient (Wildman–Crippen LogP) is 5.36. The first kappa shape index (κ1) is 22.4. The molecule has 2 N–H and O–H groups in total. The van der Waals surface area contributed by atoms with Crippen LogP contribution in [0.1, 0.15) is 29.8 Å². The number of anilines is 1. The number of benzene rings is 2. The Hall–Kier alpha value is -3.78. The van der Waals surface area contributed by atoms with Crippen molar-refractivity contribution >= 4 is 40.2 Å². The number of carbonyl (C=O) groups excluding carboxylic acids is 1. The fourth-order valence-corrected chi connectivity index (χ4v) is 3.38. The highest BCUT2D eigenvalue weighted by Crippen LogP contribution is 2.30. The predicted molar refractivity (Wildman–Crippen MR) is 132 cm³/mol. The number of nitrogens with zero attached hydrogens (tertiary/aromatic N) is 2. The van der Waals surface area contributed by atoms with Crippen LogP contribution in [0.5, 0.6) is 5.75 Å². The lowest BCUT2D eigenvalue weighted by Crippen LogP contribution is -2.34. The Kier molecular flexibility index (Phi) is 6.65. The molecule has 0 aliphatic rings. The molecule has 33 heavy (non-hydrogen) atoms. The quantitative estimate of drug-likeness (QED) is 0.374. The Morgan fingerprint density at radius 2 is 1.91 bits per heavy atom. The van der Waals surface area contributed by atoms with Crippen LogP contribution in [-0.2, 0) is 0 Å². The summed E-state index contributed by atoms with van der Waals surface area (Å²) in [5.74, 6) is 1.32. The lowest BCUT2D eigenvalue weighted by molar-refractivity contribution is 0.0977. The first-order valence-electron chi connectivity index (χ1n) is 10.6. The number of fused-ring (bicyclic) bond motifs is 1. The van der Waals surface area contributed by atoms with Crippen molar-refractivity contribution in [3.8, 4) is 17.2 Å². The highest BCUT2D eigenvalue weighted by Gasteiger charge is 2.15. The van der Waals surface area contributed by atoms with Gasteiger partial charge < -0.3 is 14.5 Å². The zero-order chi connectivity index (χ0) is 23.4. The number of thiocarbonyl (C=S) groups is 1. The third-order valence-electron chi connectivity index (χ3n) is 4.90. The summed E-state index contributed by atoms with van der Waals surface area (Å²) in [5.41, 5.74) is 4.09. The van der Waals surface area contributed by atoms with Crippen LogP contribution in [0.25, 0.3) is 22.7 Å². The average molecular weight is 461 g/mol. The minimum absolute atomic E-state index is 0.194. The highest BCUT2D eigenvalue weighted by molar-refractivity contribution is 7.80. The van der Waals surface area contributed by atoms with Gasteiger partial charge in [-0.05, 0) is 79.2 Å². The third kappa shape index (κ3) is 5.35. The average Bonchev–Trinajstić information content (AvgIpc) is 3.23. The lowest BCUT2D eigenvalue weighted by atomic mass is 10.1. The Balaban J connectivity index is 1.43. The van der Waals surface area contributed by atoms with Gasteiger partial charge in [-0.15, -0.1) is 0 Å². The Labute approximate surface area is 197 Å². The molecule has 0 unspecified atom stereocenters. The van der Waals surface area contributed by atoms with E-state index in [1.54, 1.807) is 36.5 Å². The molecule has 0 spiro atoms. The molecule has 1 amide bonds. The molecule has 2 heterocycles. The maximum atomic E-state index is 12.6. The third-order valence-corrected chi connectivity index (χ3v) is 5.11. The molecule has 0 aliphatic carbocycles. The minimum Gasteiger partial charge on any atom is -0.493 e. The van der Waals surface area contributed by atoms with E-state index in [9.17, 15) is 4.79 Å². The molecule has 168 valence electrons. The largest absolute Gasteiger partial charge is 0.493 e. The van der Waals surface area contributed by atoms with E-state index < -0.39 is 0 Å². The van der Waals surface area contributed by atoms with E-state index in [1.807, 2.05) is 31.2 Å². The molecule has 0 radical (unpaired) electrons. The van der Waals surface area contributed by atoms with Crippen LogP contribution in [0.3, 0.4) is 0 Å². The van der Waals surface area contributed by atoms with Crippen LogP contribution < -0.4 is 15.4 Å². The number of hydrogen-bond acceptors (Lipinski definition) is 6. The molecule has 0 bridgehead atoms. The Morgan fingerprint density at radius 1 is 1.12 bits per heavy atom. The molecular formula is C25H24N4O3S. The van der Waals surface area contributed by atoms with Crippen molar-refractivity contribution in [2.24, 2.45) is 5.92 Å². The normalized spacial score (nSPS) is 10.9.